The Morgan fingerprint density at radius 1 is 0.879 bits per heavy atom. The summed E-state index contributed by atoms with van der Waals surface area (Å²) in [5, 5.41) is 0. The number of hydrogen-bond acceptors (Lipinski definition) is 5. The monoisotopic (exact) mass is 467 g/mol. The van der Waals surface area contributed by atoms with Crippen LogP contribution in [0, 0.1) is 6.92 Å². The van der Waals surface area contributed by atoms with Gasteiger partial charge >= 0.3 is 0 Å². The molecule has 3 atom stereocenters. The summed E-state index contributed by atoms with van der Waals surface area (Å²) in [6, 6.07) is 26.5. The van der Waals surface area contributed by atoms with E-state index in [9.17, 15) is 8.42 Å². The van der Waals surface area contributed by atoms with Crippen LogP contribution in [0.5, 0.6) is 0 Å². The second-order valence-corrected chi connectivity index (χ2v) is 9.88. The van der Waals surface area contributed by atoms with Crippen LogP contribution in [0.2, 0.25) is 0 Å². The zero-order valence-corrected chi connectivity index (χ0v) is 19.4. The molecule has 7 heteroatoms. The van der Waals surface area contributed by atoms with Gasteiger partial charge in [0.15, 0.2) is 0 Å². The van der Waals surface area contributed by atoms with E-state index in [1.165, 1.54) is 0 Å². The van der Waals surface area contributed by atoms with Gasteiger partial charge in [-0.15, -0.1) is 0 Å². The molecule has 0 bridgehead atoms. The van der Waals surface area contributed by atoms with Gasteiger partial charge in [-0.25, -0.2) is 8.42 Å². The van der Waals surface area contributed by atoms with Crippen molar-refractivity contribution in [2.24, 2.45) is 0 Å². The summed E-state index contributed by atoms with van der Waals surface area (Å²) in [6.07, 6.45) is -0.977. The van der Waals surface area contributed by atoms with Crippen molar-refractivity contribution in [1.29, 1.82) is 0 Å². The molecule has 0 amide bonds. The molecule has 174 valence electrons. The summed E-state index contributed by atoms with van der Waals surface area (Å²) < 4.78 is 46.4. The third kappa shape index (κ3) is 6.72. The zero-order chi connectivity index (χ0) is 23.1. The topological polar surface area (TPSA) is 73.9 Å². The van der Waals surface area contributed by atoms with Crippen LogP contribution in [-0.2, 0) is 37.4 Å². The van der Waals surface area contributed by atoms with E-state index in [1.807, 2.05) is 67.6 Å². The molecule has 0 radical (unpaired) electrons. The molecule has 0 spiro atoms. The Labute approximate surface area is 195 Å². The molecule has 33 heavy (non-hydrogen) atoms. The lowest BCUT2D eigenvalue weighted by Crippen LogP contribution is -2.35. The predicted molar refractivity (Wildman–Crippen MR) is 126 cm³/mol. The van der Waals surface area contributed by atoms with Crippen LogP contribution in [0.3, 0.4) is 0 Å². The molecular formula is C26H29NO5S. The smallest absolute Gasteiger partial charge is 0.242 e. The Hall–Kier alpha value is -2.55. The minimum Gasteiger partial charge on any atom is -0.374 e. The van der Waals surface area contributed by atoms with Crippen molar-refractivity contribution in [2.45, 2.75) is 49.9 Å². The van der Waals surface area contributed by atoms with Crippen LogP contribution >= 0.6 is 0 Å². The van der Waals surface area contributed by atoms with Crippen LogP contribution in [0.25, 0.3) is 0 Å². The van der Waals surface area contributed by atoms with Gasteiger partial charge in [-0.1, -0.05) is 78.4 Å². The Balaban J connectivity index is 1.40. The Morgan fingerprint density at radius 3 is 2.12 bits per heavy atom. The summed E-state index contributed by atoms with van der Waals surface area (Å²) in [6.45, 7) is 3.09. The molecule has 1 heterocycles. The lowest BCUT2D eigenvalue weighted by Gasteiger charge is -2.19. The van der Waals surface area contributed by atoms with Crippen molar-refractivity contribution in [3.8, 4) is 0 Å². The van der Waals surface area contributed by atoms with Crippen molar-refractivity contribution in [3.05, 3.63) is 102 Å². The molecule has 6 nitrogen and oxygen atoms in total. The second-order valence-electron chi connectivity index (χ2n) is 8.17. The number of ether oxygens (including phenoxy) is 3. The maximum absolute atomic E-state index is 12.8. The van der Waals surface area contributed by atoms with Gasteiger partial charge in [0.05, 0.1) is 30.8 Å². The highest BCUT2D eigenvalue weighted by Crippen LogP contribution is 2.25. The molecule has 1 aliphatic heterocycles. The minimum atomic E-state index is -3.71. The average Bonchev–Trinajstić information content (AvgIpc) is 3.20. The van der Waals surface area contributed by atoms with Crippen LogP contribution in [0.4, 0.5) is 0 Å². The lowest BCUT2D eigenvalue weighted by atomic mass is 10.1. The number of benzene rings is 3. The summed E-state index contributed by atoms with van der Waals surface area (Å²) in [7, 11) is -3.71. The molecule has 1 saturated heterocycles. The molecule has 0 unspecified atom stereocenters. The largest absolute Gasteiger partial charge is 0.374 e. The van der Waals surface area contributed by atoms with E-state index in [2.05, 4.69) is 4.72 Å². The Bertz CT molecular complexity index is 1100. The van der Waals surface area contributed by atoms with E-state index in [0.717, 1.165) is 16.7 Å². The summed E-state index contributed by atoms with van der Waals surface area (Å²) >= 11 is 0. The Kier molecular flexibility index (Phi) is 7.90. The standard InChI is InChI=1S/C26H29NO5S/c1-20-12-14-23(15-13-20)33(28,29)27-26-16-24(31-18-22-10-6-3-7-11-22)25(32-26)19-30-17-21-8-4-2-5-9-21/h2-15,24-27H,16-19H2,1H3/t24-,25+,26-/m0/s1. The third-order valence-electron chi connectivity index (χ3n) is 5.52. The molecule has 3 aromatic rings. The quantitative estimate of drug-likeness (QED) is 0.484. The van der Waals surface area contributed by atoms with E-state index in [-0.39, 0.29) is 17.1 Å². The molecule has 1 fully saturated rings. The van der Waals surface area contributed by atoms with Crippen molar-refractivity contribution in [2.75, 3.05) is 6.61 Å². The van der Waals surface area contributed by atoms with Crippen LogP contribution in [0.15, 0.2) is 89.8 Å². The Morgan fingerprint density at radius 2 is 1.48 bits per heavy atom. The van der Waals surface area contributed by atoms with Crippen molar-refractivity contribution in [1.82, 2.24) is 4.72 Å². The highest BCUT2D eigenvalue weighted by molar-refractivity contribution is 7.89. The van der Waals surface area contributed by atoms with Gasteiger partial charge in [-0.3, -0.25) is 0 Å². The predicted octanol–water partition coefficient (Wildman–Crippen LogP) is 4.19. The van der Waals surface area contributed by atoms with E-state index < -0.39 is 16.3 Å². The number of rotatable bonds is 10. The first-order valence-corrected chi connectivity index (χ1v) is 12.5. The van der Waals surface area contributed by atoms with Crippen molar-refractivity contribution >= 4 is 10.0 Å². The summed E-state index contributed by atoms with van der Waals surface area (Å²) in [5.41, 5.74) is 3.11. The van der Waals surface area contributed by atoms with Crippen LogP contribution in [-0.4, -0.2) is 33.5 Å². The third-order valence-corrected chi connectivity index (χ3v) is 6.98. The molecule has 0 aromatic heterocycles. The van der Waals surface area contributed by atoms with Gasteiger partial charge in [-0.2, -0.15) is 4.72 Å². The first-order valence-electron chi connectivity index (χ1n) is 11.0. The molecule has 0 aliphatic carbocycles. The fourth-order valence-electron chi connectivity index (χ4n) is 3.72. The van der Waals surface area contributed by atoms with Gasteiger partial charge in [-0.05, 0) is 30.2 Å². The molecule has 4 rings (SSSR count). The van der Waals surface area contributed by atoms with Gasteiger partial charge in [0.25, 0.3) is 0 Å². The number of aryl methyl sites for hydroxylation is 1. The second kappa shape index (κ2) is 11.0. The van der Waals surface area contributed by atoms with Gasteiger partial charge < -0.3 is 14.2 Å². The lowest BCUT2D eigenvalue weighted by molar-refractivity contribution is -0.0722. The average molecular weight is 468 g/mol. The summed E-state index contributed by atoms with van der Waals surface area (Å²) in [4.78, 5) is 0.210. The van der Waals surface area contributed by atoms with Crippen LogP contribution < -0.4 is 4.72 Å². The zero-order valence-electron chi connectivity index (χ0n) is 18.6. The number of nitrogens with one attached hydrogen (secondary N) is 1. The van der Waals surface area contributed by atoms with Crippen LogP contribution in [0.1, 0.15) is 23.1 Å². The van der Waals surface area contributed by atoms with Crippen molar-refractivity contribution in [3.63, 3.8) is 0 Å². The molecule has 0 saturated carbocycles. The molecular weight excluding hydrogens is 438 g/mol. The molecule has 1 aliphatic rings. The fourth-order valence-corrected chi connectivity index (χ4v) is 4.85. The van der Waals surface area contributed by atoms with E-state index in [1.54, 1.807) is 24.3 Å². The highest BCUT2D eigenvalue weighted by Gasteiger charge is 2.38. The van der Waals surface area contributed by atoms with E-state index >= 15 is 0 Å². The number of sulfonamides is 1. The highest BCUT2D eigenvalue weighted by atomic mass is 32.2. The van der Waals surface area contributed by atoms with E-state index in [0.29, 0.717) is 26.2 Å². The maximum Gasteiger partial charge on any atom is 0.242 e. The van der Waals surface area contributed by atoms with E-state index in [4.69, 9.17) is 14.2 Å². The summed E-state index contributed by atoms with van der Waals surface area (Å²) in [5.74, 6) is 0. The van der Waals surface area contributed by atoms with Gasteiger partial charge in [0.1, 0.15) is 12.3 Å². The maximum atomic E-state index is 12.8. The molecule has 1 N–H and O–H groups in total. The first-order chi connectivity index (χ1) is 16.0. The normalized spacial score (nSPS) is 20.7. The first kappa shape index (κ1) is 23.6. The number of hydrogen-bond donors (Lipinski definition) is 1. The fraction of sp³-hybridized carbons (Fsp3) is 0.308. The van der Waals surface area contributed by atoms with Gasteiger partial charge in [0.2, 0.25) is 10.0 Å². The molecule has 3 aromatic carbocycles. The van der Waals surface area contributed by atoms with Crippen molar-refractivity contribution < 1.29 is 22.6 Å². The van der Waals surface area contributed by atoms with Gasteiger partial charge in [0, 0.05) is 6.42 Å². The SMILES string of the molecule is Cc1ccc(S(=O)(=O)N[C@@H]2C[C@H](OCc3ccccc3)[C@@H](COCc3ccccc3)O2)cc1. The minimum absolute atomic E-state index is 0.210.